The van der Waals surface area contributed by atoms with Crippen molar-refractivity contribution < 1.29 is 9.53 Å². The highest BCUT2D eigenvalue weighted by Crippen LogP contribution is 2.25. The van der Waals surface area contributed by atoms with Crippen LogP contribution in [-0.2, 0) is 4.74 Å². The molecule has 30 heavy (non-hydrogen) atoms. The van der Waals surface area contributed by atoms with Crippen LogP contribution in [0, 0.1) is 0 Å². The molecule has 3 aliphatic rings. The van der Waals surface area contributed by atoms with Crippen molar-refractivity contribution in [2.75, 3.05) is 44.2 Å². The highest BCUT2D eigenvalue weighted by molar-refractivity contribution is 5.92. The Morgan fingerprint density at radius 2 is 1.57 bits per heavy atom. The molecule has 0 unspecified atom stereocenters. The highest BCUT2D eigenvalue weighted by atomic mass is 16.5. The fraction of sp³-hybridized carbons (Fsp3) is 0.750. The monoisotopic (exact) mass is 414 g/mol. The van der Waals surface area contributed by atoms with E-state index >= 15 is 0 Å². The number of likely N-dealkylation sites (tertiary alicyclic amines) is 2. The number of piperidine rings is 3. The smallest absolute Gasteiger partial charge is 0.272 e. The maximum absolute atomic E-state index is 12.6. The number of anilines is 1. The number of nitrogens with zero attached hydrogens (tertiary/aromatic N) is 4. The number of hydrogen-bond donors (Lipinski definition) is 0. The van der Waals surface area contributed by atoms with Crippen molar-refractivity contribution in [2.45, 2.75) is 77.0 Å². The van der Waals surface area contributed by atoms with Crippen LogP contribution in [0.25, 0.3) is 0 Å². The molecule has 0 N–H and O–H groups in total. The van der Waals surface area contributed by atoms with Crippen molar-refractivity contribution in [1.82, 2.24) is 14.8 Å². The van der Waals surface area contributed by atoms with Gasteiger partial charge in [0.15, 0.2) is 0 Å². The van der Waals surface area contributed by atoms with E-state index in [0.717, 1.165) is 83.5 Å². The van der Waals surface area contributed by atoms with Gasteiger partial charge in [0, 0.05) is 45.3 Å². The van der Waals surface area contributed by atoms with Gasteiger partial charge in [0.25, 0.3) is 5.91 Å². The summed E-state index contributed by atoms with van der Waals surface area (Å²) >= 11 is 0. The van der Waals surface area contributed by atoms with Crippen LogP contribution in [-0.4, -0.2) is 78.2 Å². The minimum Gasteiger partial charge on any atom is -0.375 e. The highest BCUT2D eigenvalue weighted by Gasteiger charge is 2.27. The summed E-state index contributed by atoms with van der Waals surface area (Å²) in [6, 6.07) is 4.61. The van der Waals surface area contributed by atoms with E-state index in [2.05, 4.69) is 34.7 Å². The molecule has 0 atom stereocenters. The second-order valence-electron chi connectivity index (χ2n) is 9.41. The number of ether oxygens (including phenoxy) is 1. The molecule has 1 amide bonds. The maximum atomic E-state index is 12.6. The van der Waals surface area contributed by atoms with Crippen LogP contribution in [0.1, 0.15) is 69.3 Å². The van der Waals surface area contributed by atoms with Crippen LogP contribution in [0.15, 0.2) is 18.3 Å². The summed E-state index contributed by atoms with van der Waals surface area (Å²) in [5.41, 5.74) is 1.69. The molecule has 1 aromatic rings. The summed E-state index contributed by atoms with van der Waals surface area (Å²) in [5, 5.41) is 0. The molecule has 166 valence electrons. The lowest BCUT2D eigenvalue weighted by molar-refractivity contribution is -0.0540. The van der Waals surface area contributed by atoms with Gasteiger partial charge < -0.3 is 19.4 Å². The van der Waals surface area contributed by atoms with Crippen LogP contribution in [0.5, 0.6) is 0 Å². The van der Waals surface area contributed by atoms with Gasteiger partial charge in [-0.1, -0.05) is 0 Å². The molecule has 3 aliphatic heterocycles. The molecule has 0 radical (unpaired) electrons. The zero-order chi connectivity index (χ0) is 20.9. The summed E-state index contributed by atoms with van der Waals surface area (Å²) in [6.45, 7) is 10.6. The molecule has 1 aromatic heterocycles. The van der Waals surface area contributed by atoms with E-state index in [-0.39, 0.29) is 5.91 Å². The number of rotatable bonds is 5. The van der Waals surface area contributed by atoms with Gasteiger partial charge in [-0.2, -0.15) is 0 Å². The molecule has 0 bridgehead atoms. The number of amides is 1. The van der Waals surface area contributed by atoms with E-state index in [4.69, 9.17) is 4.74 Å². The summed E-state index contributed by atoms with van der Waals surface area (Å²) in [6.07, 6.45) is 10.6. The van der Waals surface area contributed by atoms with E-state index in [0.29, 0.717) is 23.9 Å². The number of hydrogen-bond acceptors (Lipinski definition) is 5. The van der Waals surface area contributed by atoms with E-state index in [1.54, 1.807) is 0 Å². The topological polar surface area (TPSA) is 48.9 Å². The average molecular weight is 415 g/mol. The first kappa shape index (κ1) is 21.6. The molecule has 3 fully saturated rings. The lowest BCUT2D eigenvalue weighted by Crippen LogP contribution is -2.43. The van der Waals surface area contributed by atoms with Gasteiger partial charge in [0.05, 0.1) is 24.1 Å². The zero-order valence-electron chi connectivity index (χ0n) is 18.8. The second-order valence-corrected chi connectivity index (χ2v) is 9.41. The molecule has 6 nitrogen and oxygen atoms in total. The fourth-order valence-electron chi connectivity index (χ4n) is 5.01. The Morgan fingerprint density at radius 3 is 2.13 bits per heavy atom. The van der Waals surface area contributed by atoms with E-state index in [1.165, 1.54) is 6.42 Å². The third-order valence-corrected chi connectivity index (χ3v) is 7.01. The van der Waals surface area contributed by atoms with Crippen LogP contribution >= 0.6 is 0 Å². The molecule has 4 heterocycles. The van der Waals surface area contributed by atoms with Gasteiger partial charge in [-0.05, 0) is 70.9 Å². The fourth-order valence-corrected chi connectivity index (χ4v) is 5.01. The van der Waals surface area contributed by atoms with Crippen molar-refractivity contribution in [2.24, 2.45) is 0 Å². The predicted molar refractivity (Wildman–Crippen MR) is 120 cm³/mol. The second kappa shape index (κ2) is 10.1. The number of aromatic nitrogens is 1. The Kier molecular flexibility index (Phi) is 7.26. The molecule has 0 saturated carbocycles. The van der Waals surface area contributed by atoms with Crippen molar-refractivity contribution in [3.63, 3.8) is 0 Å². The molecule has 0 aromatic carbocycles. The largest absolute Gasteiger partial charge is 0.375 e. The standard InChI is InChI=1S/C24H38N4O2/c1-19(2)26-14-8-21(9-15-26)30-22-10-16-27(17-11-22)20-6-7-23(25-18-20)24(29)28-12-4-3-5-13-28/h6-7,18-19,21-22H,3-5,8-17H2,1-2H3. The molecular weight excluding hydrogens is 376 g/mol. The van der Waals surface area contributed by atoms with E-state index in [9.17, 15) is 4.79 Å². The maximum Gasteiger partial charge on any atom is 0.272 e. The molecular formula is C24H38N4O2. The number of carbonyl (C=O) groups excluding carboxylic acids is 1. The molecule has 3 saturated heterocycles. The van der Waals surface area contributed by atoms with Crippen LogP contribution in [0.4, 0.5) is 5.69 Å². The lowest BCUT2D eigenvalue weighted by Gasteiger charge is -2.38. The Labute approximate surface area is 181 Å². The number of carbonyl (C=O) groups is 1. The van der Waals surface area contributed by atoms with Crippen molar-refractivity contribution >= 4 is 11.6 Å². The van der Waals surface area contributed by atoms with Gasteiger partial charge in [0.2, 0.25) is 0 Å². The summed E-state index contributed by atoms with van der Waals surface area (Å²) in [5.74, 6) is 0.0804. The first-order chi connectivity index (χ1) is 14.6. The summed E-state index contributed by atoms with van der Waals surface area (Å²) in [4.78, 5) is 24.0. The summed E-state index contributed by atoms with van der Waals surface area (Å²) < 4.78 is 6.44. The molecule has 0 aliphatic carbocycles. The zero-order valence-corrected chi connectivity index (χ0v) is 18.8. The van der Waals surface area contributed by atoms with Crippen molar-refractivity contribution in [3.05, 3.63) is 24.0 Å². The third kappa shape index (κ3) is 5.33. The first-order valence-corrected chi connectivity index (χ1v) is 12.0. The van der Waals surface area contributed by atoms with Gasteiger partial charge in [-0.15, -0.1) is 0 Å². The van der Waals surface area contributed by atoms with Crippen molar-refractivity contribution in [1.29, 1.82) is 0 Å². The Morgan fingerprint density at radius 1 is 0.933 bits per heavy atom. The van der Waals surface area contributed by atoms with Gasteiger partial charge in [-0.25, -0.2) is 4.98 Å². The Bertz CT molecular complexity index is 671. The summed E-state index contributed by atoms with van der Waals surface area (Å²) in [7, 11) is 0. The van der Waals surface area contributed by atoms with Gasteiger partial charge in [-0.3, -0.25) is 4.79 Å². The van der Waals surface area contributed by atoms with Crippen molar-refractivity contribution in [3.8, 4) is 0 Å². The van der Waals surface area contributed by atoms with E-state index in [1.807, 2.05) is 17.2 Å². The Balaban J connectivity index is 1.23. The molecule has 0 spiro atoms. The lowest BCUT2D eigenvalue weighted by atomic mass is 10.0. The van der Waals surface area contributed by atoms with Gasteiger partial charge in [0.1, 0.15) is 5.69 Å². The predicted octanol–water partition coefficient (Wildman–Crippen LogP) is 3.57. The minimum atomic E-state index is 0.0804. The van der Waals surface area contributed by atoms with Crippen LogP contribution in [0.2, 0.25) is 0 Å². The quantitative estimate of drug-likeness (QED) is 0.737. The Hall–Kier alpha value is -1.66. The van der Waals surface area contributed by atoms with Crippen LogP contribution in [0.3, 0.4) is 0 Å². The van der Waals surface area contributed by atoms with E-state index < -0.39 is 0 Å². The third-order valence-electron chi connectivity index (χ3n) is 7.01. The number of pyridine rings is 1. The molecule has 4 rings (SSSR count). The molecule has 6 heteroatoms. The SMILES string of the molecule is CC(C)N1CCC(OC2CCN(c3ccc(C(=O)N4CCCCC4)nc3)CC2)CC1. The minimum absolute atomic E-state index is 0.0804. The van der Waals surface area contributed by atoms with Gasteiger partial charge >= 0.3 is 0 Å². The first-order valence-electron chi connectivity index (χ1n) is 12.0. The van der Waals surface area contributed by atoms with Crippen LogP contribution < -0.4 is 4.90 Å². The average Bonchev–Trinajstić information content (AvgIpc) is 2.80. The normalized spacial score (nSPS) is 22.6.